The van der Waals surface area contributed by atoms with E-state index in [0.717, 1.165) is 48.3 Å². The summed E-state index contributed by atoms with van der Waals surface area (Å²) in [5.41, 5.74) is 0.493. The third-order valence-corrected chi connectivity index (χ3v) is 8.33. The predicted molar refractivity (Wildman–Crippen MR) is 114 cm³/mol. The molecule has 1 saturated carbocycles. The predicted octanol–water partition coefficient (Wildman–Crippen LogP) is 3.64. The molecule has 2 aromatic rings. The Morgan fingerprint density at radius 2 is 1.93 bits per heavy atom. The Kier molecular flexibility index (Phi) is 5.82. The van der Waals surface area contributed by atoms with Crippen LogP contribution in [0.1, 0.15) is 64.0 Å². The summed E-state index contributed by atoms with van der Waals surface area (Å²) in [7, 11) is -3.91. The summed E-state index contributed by atoms with van der Waals surface area (Å²) in [4.78, 5) is 11.8. The third kappa shape index (κ3) is 4.35. The topological polar surface area (TPSA) is 110 Å². The van der Waals surface area contributed by atoms with Crippen molar-refractivity contribution in [3.05, 3.63) is 29.8 Å². The number of nitrogens with zero attached hydrogens (tertiary/aromatic N) is 2. The molecule has 1 aromatic carbocycles. The Morgan fingerprint density at radius 1 is 1.20 bits per heavy atom. The summed E-state index contributed by atoms with van der Waals surface area (Å²) < 4.78 is 35.1. The quantitative estimate of drug-likeness (QED) is 0.673. The maximum Gasteiger partial charge on any atom is 0.270 e. The molecular formula is C20H26N4O4S2. The number of benzene rings is 1. The third-order valence-electron chi connectivity index (χ3n) is 5.65. The Morgan fingerprint density at radius 3 is 2.67 bits per heavy atom. The van der Waals surface area contributed by atoms with Crippen LogP contribution in [0.4, 0.5) is 5.13 Å². The van der Waals surface area contributed by atoms with Crippen molar-refractivity contribution in [1.29, 1.82) is 0 Å². The van der Waals surface area contributed by atoms with Gasteiger partial charge in [-0.3, -0.25) is 4.79 Å². The van der Waals surface area contributed by atoms with Gasteiger partial charge in [0.15, 0.2) is 0 Å². The molecule has 0 unspecified atom stereocenters. The molecule has 1 atom stereocenters. The smallest absolute Gasteiger partial charge is 0.270 e. The van der Waals surface area contributed by atoms with E-state index >= 15 is 0 Å². The molecule has 30 heavy (non-hydrogen) atoms. The normalized spacial score (nSPS) is 20.6. The lowest BCUT2D eigenvalue weighted by Crippen LogP contribution is -2.46. The molecule has 0 saturated heterocycles. The fourth-order valence-electron chi connectivity index (χ4n) is 4.08. The largest absolute Gasteiger partial charge is 0.487 e. The molecule has 1 fully saturated rings. The van der Waals surface area contributed by atoms with Crippen molar-refractivity contribution < 1.29 is 17.9 Å². The molecule has 1 aliphatic carbocycles. The van der Waals surface area contributed by atoms with Crippen LogP contribution in [0.25, 0.3) is 0 Å². The summed E-state index contributed by atoms with van der Waals surface area (Å²) in [6.45, 7) is 3.50. The number of para-hydroxylation sites is 1. The minimum absolute atomic E-state index is 0.164. The zero-order valence-electron chi connectivity index (χ0n) is 17.1. The Bertz CT molecular complexity index is 1030. The van der Waals surface area contributed by atoms with Gasteiger partial charge in [0.2, 0.25) is 15.4 Å². The molecular weight excluding hydrogens is 424 g/mol. The van der Waals surface area contributed by atoms with Crippen molar-refractivity contribution in [3.63, 3.8) is 0 Å². The van der Waals surface area contributed by atoms with Crippen molar-refractivity contribution in [1.82, 2.24) is 14.9 Å². The van der Waals surface area contributed by atoms with E-state index < -0.39 is 16.1 Å². The fraction of sp³-hybridized carbons (Fsp3) is 0.550. The molecule has 8 nitrogen and oxygen atoms in total. The second kappa shape index (κ2) is 8.24. The lowest BCUT2D eigenvalue weighted by molar-refractivity contribution is -0.118. The molecule has 1 amide bonds. The molecule has 0 radical (unpaired) electrons. The van der Waals surface area contributed by atoms with Crippen LogP contribution in [-0.4, -0.2) is 30.1 Å². The second-order valence-electron chi connectivity index (χ2n) is 8.28. The van der Waals surface area contributed by atoms with E-state index in [2.05, 4.69) is 20.2 Å². The summed E-state index contributed by atoms with van der Waals surface area (Å²) in [5.74, 6) is 0.263. The first-order chi connectivity index (χ1) is 14.3. The highest BCUT2D eigenvalue weighted by molar-refractivity contribution is 7.91. The number of ether oxygens (including phenoxy) is 1. The number of aromatic nitrogens is 2. The molecule has 0 bridgehead atoms. The average molecular weight is 451 g/mol. The molecule has 10 heteroatoms. The first kappa shape index (κ1) is 21.2. The first-order valence-electron chi connectivity index (χ1n) is 10.2. The number of carbonyl (C=O) groups is 1. The van der Waals surface area contributed by atoms with Gasteiger partial charge in [-0.2, -0.15) is 0 Å². The van der Waals surface area contributed by atoms with E-state index in [-0.39, 0.29) is 26.9 Å². The highest BCUT2D eigenvalue weighted by atomic mass is 32.2. The van der Waals surface area contributed by atoms with Crippen LogP contribution in [0.3, 0.4) is 0 Å². The van der Waals surface area contributed by atoms with Gasteiger partial charge in [-0.05, 0) is 31.7 Å². The number of rotatable bonds is 5. The van der Waals surface area contributed by atoms with Gasteiger partial charge in [0.1, 0.15) is 11.4 Å². The Labute approximate surface area is 180 Å². The minimum Gasteiger partial charge on any atom is -0.487 e. The van der Waals surface area contributed by atoms with E-state index in [1.807, 2.05) is 24.3 Å². The summed E-state index contributed by atoms with van der Waals surface area (Å²) >= 11 is 0.847. The van der Waals surface area contributed by atoms with Gasteiger partial charge in [0, 0.05) is 17.9 Å². The highest BCUT2D eigenvalue weighted by Gasteiger charge is 2.43. The van der Waals surface area contributed by atoms with Gasteiger partial charge >= 0.3 is 0 Å². The fourth-order valence-corrected chi connectivity index (χ4v) is 6.22. The van der Waals surface area contributed by atoms with E-state index in [1.165, 1.54) is 6.42 Å². The molecule has 4 rings (SSSR count). The standard InChI is InChI=1S/C20H26N4O4S2/c1-13(2)17(25)21-18-22-23-19(29-18)30(26,27)24-15-12-20(10-6-3-7-11-20)28-16-9-5-4-8-14(15)16/h4-5,8-9,13,15,24H,3,6-7,10-12H2,1-2H3,(H,21,22,25)/t15-/m1/s1. The first-order valence-corrected chi connectivity index (χ1v) is 12.5. The van der Waals surface area contributed by atoms with E-state index in [1.54, 1.807) is 13.8 Å². The van der Waals surface area contributed by atoms with Gasteiger partial charge in [0.25, 0.3) is 10.0 Å². The lowest BCUT2D eigenvalue weighted by atomic mass is 9.77. The average Bonchev–Trinajstić information content (AvgIpc) is 3.18. The second-order valence-corrected chi connectivity index (χ2v) is 11.1. The van der Waals surface area contributed by atoms with Crippen LogP contribution < -0.4 is 14.8 Å². The van der Waals surface area contributed by atoms with Crippen molar-refractivity contribution >= 4 is 32.4 Å². The maximum atomic E-state index is 13.1. The van der Waals surface area contributed by atoms with E-state index in [9.17, 15) is 13.2 Å². The zero-order chi connectivity index (χ0) is 21.4. The van der Waals surface area contributed by atoms with Gasteiger partial charge < -0.3 is 10.1 Å². The number of nitrogens with one attached hydrogen (secondary N) is 2. The molecule has 2 aliphatic rings. The number of hydrogen-bond acceptors (Lipinski definition) is 7. The Hall–Kier alpha value is -2.04. The van der Waals surface area contributed by atoms with Gasteiger partial charge in [-0.1, -0.05) is 49.8 Å². The summed E-state index contributed by atoms with van der Waals surface area (Å²) in [6.07, 6.45) is 5.76. The molecule has 162 valence electrons. The van der Waals surface area contributed by atoms with E-state index in [0.29, 0.717) is 6.42 Å². The van der Waals surface area contributed by atoms with Crippen LogP contribution >= 0.6 is 11.3 Å². The van der Waals surface area contributed by atoms with Crippen LogP contribution in [0.15, 0.2) is 28.6 Å². The van der Waals surface area contributed by atoms with Gasteiger partial charge in [0.05, 0.1) is 6.04 Å². The molecule has 1 aromatic heterocycles. The molecule has 1 aliphatic heterocycles. The SMILES string of the molecule is CC(C)C(=O)Nc1nnc(S(=O)(=O)N[C@@H]2CC3(CCCCC3)Oc3ccccc32)s1. The number of amides is 1. The van der Waals surface area contributed by atoms with Crippen molar-refractivity contribution in [2.45, 2.75) is 68.4 Å². The van der Waals surface area contributed by atoms with Crippen LogP contribution in [-0.2, 0) is 14.8 Å². The number of hydrogen-bond donors (Lipinski definition) is 2. The lowest BCUT2D eigenvalue weighted by Gasteiger charge is -2.44. The maximum absolute atomic E-state index is 13.1. The summed E-state index contributed by atoms with van der Waals surface area (Å²) in [5, 5.41) is 10.4. The minimum atomic E-state index is -3.91. The van der Waals surface area contributed by atoms with Gasteiger partial charge in [-0.25, -0.2) is 13.1 Å². The number of fused-ring (bicyclic) bond motifs is 1. The van der Waals surface area contributed by atoms with Gasteiger partial charge in [-0.15, -0.1) is 10.2 Å². The molecule has 2 heterocycles. The van der Waals surface area contributed by atoms with Crippen LogP contribution in [0.2, 0.25) is 0 Å². The highest BCUT2D eigenvalue weighted by Crippen LogP contribution is 2.46. The monoisotopic (exact) mass is 450 g/mol. The number of anilines is 1. The Balaban J connectivity index is 1.57. The van der Waals surface area contributed by atoms with Crippen LogP contribution in [0, 0.1) is 5.92 Å². The summed E-state index contributed by atoms with van der Waals surface area (Å²) in [6, 6.07) is 7.17. The van der Waals surface area contributed by atoms with Crippen molar-refractivity contribution in [3.8, 4) is 5.75 Å². The van der Waals surface area contributed by atoms with E-state index in [4.69, 9.17) is 4.74 Å². The molecule has 1 spiro atoms. The number of sulfonamides is 1. The van der Waals surface area contributed by atoms with Crippen LogP contribution in [0.5, 0.6) is 5.75 Å². The van der Waals surface area contributed by atoms with Crippen molar-refractivity contribution in [2.75, 3.05) is 5.32 Å². The zero-order valence-corrected chi connectivity index (χ0v) is 18.7. The molecule has 2 N–H and O–H groups in total. The van der Waals surface area contributed by atoms with Crippen molar-refractivity contribution in [2.24, 2.45) is 5.92 Å². The number of carbonyl (C=O) groups excluding carboxylic acids is 1.